The van der Waals surface area contributed by atoms with E-state index in [0.717, 1.165) is 10.5 Å². The summed E-state index contributed by atoms with van der Waals surface area (Å²) in [4.78, 5) is 34.8. The molecule has 2 rings (SSSR count). The quantitative estimate of drug-likeness (QED) is 0.662. The van der Waals surface area contributed by atoms with Gasteiger partial charge in [0, 0.05) is 29.1 Å². The molecule has 0 bridgehead atoms. The molecule has 0 spiro atoms. The standard InChI is InChI=1S/C17H14BrF2N3O3/c18-10-3-1-9(2-4-10)17(26)22-6-5-15(24)23-14-7-11(16(21)25)12(19)8-13(14)20/h1-4,7-8H,5-6H2,(H2,21,25)(H,22,26)(H,23,24). The highest BCUT2D eigenvalue weighted by molar-refractivity contribution is 9.10. The van der Waals surface area contributed by atoms with Crippen molar-refractivity contribution >= 4 is 39.3 Å². The van der Waals surface area contributed by atoms with Gasteiger partial charge in [-0.25, -0.2) is 8.78 Å². The molecule has 0 aromatic heterocycles. The summed E-state index contributed by atoms with van der Waals surface area (Å²) in [5.41, 5.74) is 4.49. The summed E-state index contributed by atoms with van der Waals surface area (Å²) in [6.07, 6.45) is -0.148. The van der Waals surface area contributed by atoms with E-state index in [-0.39, 0.29) is 24.6 Å². The maximum absolute atomic E-state index is 13.7. The Hall–Kier alpha value is -2.81. The molecule has 0 aliphatic rings. The van der Waals surface area contributed by atoms with Crippen LogP contribution in [0, 0.1) is 11.6 Å². The van der Waals surface area contributed by atoms with Gasteiger partial charge in [-0.15, -0.1) is 0 Å². The number of hydrogen-bond donors (Lipinski definition) is 3. The molecule has 0 fully saturated rings. The van der Waals surface area contributed by atoms with Crippen LogP contribution in [0.25, 0.3) is 0 Å². The third kappa shape index (κ3) is 5.09. The van der Waals surface area contributed by atoms with Crippen molar-refractivity contribution < 1.29 is 23.2 Å². The number of rotatable bonds is 6. The summed E-state index contributed by atoms with van der Waals surface area (Å²) in [7, 11) is 0. The van der Waals surface area contributed by atoms with Crippen LogP contribution >= 0.6 is 15.9 Å². The van der Waals surface area contributed by atoms with E-state index in [0.29, 0.717) is 11.6 Å². The van der Waals surface area contributed by atoms with E-state index in [1.165, 1.54) is 0 Å². The van der Waals surface area contributed by atoms with Crippen molar-refractivity contribution in [3.63, 3.8) is 0 Å². The molecule has 26 heavy (non-hydrogen) atoms. The van der Waals surface area contributed by atoms with E-state index >= 15 is 0 Å². The van der Waals surface area contributed by atoms with Gasteiger partial charge in [-0.05, 0) is 30.3 Å². The second-order valence-corrected chi connectivity index (χ2v) is 6.15. The van der Waals surface area contributed by atoms with E-state index in [1.54, 1.807) is 24.3 Å². The van der Waals surface area contributed by atoms with Crippen molar-refractivity contribution in [3.8, 4) is 0 Å². The number of primary amides is 1. The molecule has 0 heterocycles. The minimum Gasteiger partial charge on any atom is -0.366 e. The molecule has 2 aromatic carbocycles. The molecule has 0 radical (unpaired) electrons. The summed E-state index contributed by atoms with van der Waals surface area (Å²) in [6.45, 7) is 0.00617. The predicted molar refractivity (Wildman–Crippen MR) is 94.6 cm³/mol. The van der Waals surface area contributed by atoms with Gasteiger partial charge in [-0.2, -0.15) is 0 Å². The molecular formula is C17H14BrF2N3O3. The summed E-state index contributed by atoms with van der Waals surface area (Å²) >= 11 is 3.25. The number of benzene rings is 2. The Morgan fingerprint density at radius 3 is 2.31 bits per heavy atom. The molecule has 0 saturated carbocycles. The summed E-state index contributed by atoms with van der Waals surface area (Å²) < 4.78 is 27.9. The van der Waals surface area contributed by atoms with Gasteiger partial charge in [0.15, 0.2) is 0 Å². The number of hydrogen-bond acceptors (Lipinski definition) is 3. The number of carbonyl (C=O) groups is 3. The van der Waals surface area contributed by atoms with Crippen molar-refractivity contribution in [2.75, 3.05) is 11.9 Å². The highest BCUT2D eigenvalue weighted by Crippen LogP contribution is 2.19. The fourth-order valence-corrected chi connectivity index (χ4v) is 2.30. The van der Waals surface area contributed by atoms with Crippen LogP contribution in [0.4, 0.5) is 14.5 Å². The van der Waals surface area contributed by atoms with E-state index in [1.807, 2.05) is 0 Å². The number of anilines is 1. The lowest BCUT2D eigenvalue weighted by molar-refractivity contribution is -0.116. The Morgan fingerprint density at radius 1 is 1.04 bits per heavy atom. The first kappa shape index (κ1) is 19.5. The van der Waals surface area contributed by atoms with Crippen molar-refractivity contribution in [1.82, 2.24) is 5.32 Å². The van der Waals surface area contributed by atoms with Crippen LogP contribution in [-0.2, 0) is 4.79 Å². The van der Waals surface area contributed by atoms with E-state index in [4.69, 9.17) is 5.73 Å². The Labute approximate surface area is 155 Å². The molecule has 2 aromatic rings. The molecule has 0 atom stereocenters. The molecule has 0 aliphatic heterocycles. The van der Waals surface area contributed by atoms with E-state index in [2.05, 4.69) is 26.6 Å². The first-order valence-corrected chi connectivity index (χ1v) is 8.19. The predicted octanol–water partition coefficient (Wildman–Crippen LogP) is 2.58. The molecule has 0 saturated heterocycles. The average molecular weight is 426 g/mol. The van der Waals surface area contributed by atoms with Crippen LogP contribution in [0.2, 0.25) is 0 Å². The van der Waals surface area contributed by atoms with E-state index in [9.17, 15) is 23.2 Å². The Kier molecular flexibility index (Phi) is 6.40. The summed E-state index contributed by atoms with van der Waals surface area (Å²) in [6, 6.07) is 7.91. The SMILES string of the molecule is NC(=O)c1cc(NC(=O)CCNC(=O)c2ccc(Br)cc2)c(F)cc1F. The van der Waals surface area contributed by atoms with E-state index < -0.39 is 29.0 Å². The van der Waals surface area contributed by atoms with Gasteiger partial charge < -0.3 is 16.4 Å². The second kappa shape index (κ2) is 8.52. The number of amides is 3. The maximum Gasteiger partial charge on any atom is 0.251 e. The molecule has 9 heteroatoms. The number of nitrogens with one attached hydrogen (secondary N) is 2. The highest BCUT2D eigenvalue weighted by Gasteiger charge is 2.15. The fourth-order valence-electron chi connectivity index (χ4n) is 2.04. The fraction of sp³-hybridized carbons (Fsp3) is 0.118. The lowest BCUT2D eigenvalue weighted by Gasteiger charge is -2.09. The molecule has 6 nitrogen and oxygen atoms in total. The van der Waals surface area contributed by atoms with Crippen LogP contribution in [0.15, 0.2) is 40.9 Å². The van der Waals surface area contributed by atoms with Crippen molar-refractivity contribution in [2.24, 2.45) is 5.73 Å². The summed E-state index contributed by atoms with van der Waals surface area (Å²) in [5, 5.41) is 4.75. The van der Waals surface area contributed by atoms with Gasteiger partial charge >= 0.3 is 0 Å². The molecular weight excluding hydrogens is 412 g/mol. The molecule has 3 amide bonds. The zero-order valence-electron chi connectivity index (χ0n) is 13.3. The van der Waals surface area contributed by atoms with Crippen LogP contribution in [0.5, 0.6) is 0 Å². The second-order valence-electron chi connectivity index (χ2n) is 5.24. The molecule has 136 valence electrons. The zero-order valence-corrected chi connectivity index (χ0v) is 14.9. The monoisotopic (exact) mass is 425 g/mol. The smallest absolute Gasteiger partial charge is 0.251 e. The number of halogens is 3. The highest BCUT2D eigenvalue weighted by atomic mass is 79.9. The first-order valence-electron chi connectivity index (χ1n) is 7.40. The number of nitrogens with two attached hydrogens (primary N) is 1. The van der Waals surface area contributed by atoms with Gasteiger partial charge in [0.25, 0.3) is 11.8 Å². The molecule has 0 aliphatic carbocycles. The largest absolute Gasteiger partial charge is 0.366 e. The Balaban J connectivity index is 1.91. The van der Waals surface area contributed by atoms with Crippen molar-refractivity contribution in [1.29, 1.82) is 0 Å². The normalized spacial score (nSPS) is 10.3. The first-order chi connectivity index (χ1) is 12.3. The third-order valence-corrected chi connectivity index (χ3v) is 3.87. The summed E-state index contributed by atoms with van der Waals surface area (Å²) in [5.74, 6) is -4.23. The lowest BCUT2D eigenvalue weighted by Crippen LogP contribution is -2.27. The molecule has 0 unspecified atom stereocenters. The van der Waals surface area contributed by atoms with Gasteiger partial charge in [-0.3, -0.25) is 14.4 Å². The maximum atomic E-state index is 13.7. The Bertz CT molecular complexity index is 857. The van der Waals surface area contributed by atoms with Crippen molar-refractivity contribution in [2.45, 2.75) is 6.42 Å². The van der Waals surface area contributed by atoms with Crippen LogP contribution in [-0.4, -0.2) is 24.3 Å². The average Bonchev–Trinajstić information content (AvgIpc) is 2.57. The Morgan fingerprint density at radius 2 is 1.69 bits per heavy atom. The van der Waals surface area contributed by atoms with Crippen LogP contribution < -0.4 is 16.4 Å². The van der Waals surface area contributed by atoms with Crippen LogP contribution in [0.3, 0.4) is 0 Å². The van der Waals surface area contributed by atoms with Gasteiger partial charge in [0.05, 0.1) is 11.3 Å². The minimum atomic E-state index is -1.12. The zero-order chi connectivity index (χ0) is 19.3. The third-order valence-electron chi connectivity index (χ3n) is 3.34. The molecule has 4 N–H and O–H groups in total. The van der Waals surface area contributed by atoms with Gasteiger partial charge in [0.1, 0.15) is 11.6 Å². The van der Waals surface area contributed by atoms with Gasteiger partial charge in [0.2, 0.25) is 5.91 Å². The minimum absolute atomic E-state index is 0.00617. The van der Waals surface area contributed by atoms with Crippen molar-refractivity contribution in [3.05, 3.63) is 63.6 Å². The van der Waals surface area contributed by atoms with Gasteiger partial charge in [-0.1, -0.05) is 15.9 Å². The van der Waals surface area contributed by atoms with Crippen LogP contribution in [0.1, 0.15) is 27.1 Å². The lowest BCUT2D eigenvalue weighted by atomic mass is 10.1. The topological polar surface area (TPSA) is 101 Å². The number of carbonyl (C=O) groups excluding carboxylic acids is 3.